The third kappa shape index (κ3) is 1.81. The summed E-state index contributed by atoms with van der Waals surface area (Å²) in [7, 11) is 0. The van der Waals surface area contributed by atoms with Crippen molar-refractivity contribution in [1.82, 2.24) is 0 Å². The SMILES string of the molecule is CC(C)C12CCCC(c3ccccc3)(CCC1)C2. The summed E-state index contributed by atoms with van der Waals surface area (Å²) in [5.41, 5.74) is 2.78. The largest absolute Gasteiger partial charge is 0.0622 e. The number of benzene rings is 1. The van der Waals surface area contributed by atoms with E-state index >= 15 is 0 Å². The van der Waals surface area contributed by atoms with Crippen LogP contribution in [0.25, 0.3) is 0 Å². The summed E-state index contributed by atoms with van der Waals surface area (Å²) in [5, 5.41) is 0. The Bertz CT molecular complexity index is 391. The van der Waals surface area contributed by atoms with E-state index < -0.39 is 0 Å². The second-order valence-corrected chi connectivity index (χ2v) is 7.05. The summed E-state index contributed by atoms with van der Waals surface area (Å²) >= 11 is 0. The molecule has 2 bridgehead atoms. The van der Waals surface area contributed by atoms with Crippen LogP contribution in [-0.2, 0) is 5.41 Å². The maximum absolute atomic E-state index is 2.45. The maximum atomic E-state index is 2.45. The molecular weight excluding hydrogens is 216 g/mol. The Morgan fingerprint density at radius 3 is 2.06 bits per heavy atom. The van der Waals surface area contributed by atoms with Crippen LogP contribution in [0.1, 0.15) is 64.4 Å². The molecule has 18 heavy (non-hydrogen) atoms. The van der Waals surface area contributed by atoms with Crippen LogP contribution in [0, 0.1) is 11.3 Å². The van der Waals surface area contributed by atoms with Crippen molar-refractivity contribution in [2.45, 2.75) is 64.2 Å². The zero-order valence-electron chi connectivity index (χ0n) is 11.9. The average Bonchev–Trinajstić information content (AvgIpc) is 2.40. The minimum Gasteiger partial charge on any atom is -0.0622 e. The number of fused-ring (bicyclic) bond motifs is 2. The lowest BCUT2D eigenvalue weighted by atomic mass is 9.50. The molecular formula is C18H26. The monoisotopic (exact) mass is 242 g/mol. The molecule has 0 amide bonds. The predicted octanol–water partition coefficient (Wildman–Crippen LogP) is 5.32. The lowest BCUT2D eigenvalue weighted by Gasteiger charge is -2.55. The molecule has 2 fully saturated rings. The highest BCUT2D eigenvalue weighted by Crippen LogP contribution is 2.59. The Labute approximate surface area is 112 Å². The first-order valence-electron chi connectivity index (χ1n) is 7.73. The van der Waals surface area contributed by atoms with Crippen molar-refractivity contribution in [2.75, 3.05) is 0 Å². The van der Waals surface area contributed by atoms with E-state index in [1.54, 1.807) is 5.56 Å². The molecule has 0 radical (unpaired) electrons. The van der Waals surface area contributed by atoms with E-state index in [0.29, 0.717) is 10.8 Å². The smallest absolute Gasteiger partial charge is 0.00416 e. The van der Waals surface area contributed by atoms with Gasteiger partial charge in [-0.25, -0.2) is 0 Å². The summed E-state index contributed by atoms with van der Waals surface area (Å²) in [6.07, 6.45) is 10.1. The fraction of sp³-hybridized carbons (Fsp3) is 0.667. The second-order valence-electron chi connectivity index (χ2n) is 7.05. The van der Waals surface area contributed by atoms with Crippen molar-refractivity contribution in [3.05, 3.63) is 35.9 Å². The van der Waals surface area contributed by atoms with Gasteiger partial charge in [0.15, 0.2) is 0 Å². The van der Waals surface area contributed by atoms with Crippen molar-refractivity contribution in [3.63, 3.8) is 0 Å². The number of rotatable bonds is 2. The van der Waals surface area contributed by atoms with Crippen LogP contribution in [0.2, 0.25) is 0 Å². The molecule has 0 nitrogen and oxygen atoms in total. The van der Waals surface area contributed by atoms with Crippen LogP contribution in [0.5, 0.6) is 0 Å². The Morgan fingerprint density at radius 1 is 0.889 bits per heavy atom. The van der Waals surface area contributed by atoms with Gasteiger partial charge in [-0.1, -0.05) is 57.0 Å². The van der Waals surface area contributed by atoms with Gasteiger partial charge in [0.05, 0.1) is 0 Å². The first-order valence-corrected chi connectivity index (χ1v) is 7.73. The second kappa shape index (κ2) is 4.40. The van der Waals surface area contributed by atoms with Crippen LogP contribution < -0.4 is 0 Å². The molecule has 0 N–H and O–H groups in total. The zero-order valence-corrected chi connectivity index (χ0v) is 11.9. The minimum absolute atomic E-state index is 0.516. The minimum atomic E-state index is 0.516. The molecule has 2 aliphatic rings. The van der Waals surface area contributed by atoms with E-state index in [2.05, 4.69) is 44.2 Å². The standard InChI is InChI=1S/C18H26/c1-15(2)17-10-6-12-18(14-17,13-7-11-17)16-8-4-3-5-9-16/h3-5,8-9,15H,6-7,10-14H2,1-2H3. The van der Waals surface area contributed by atoms with Crippen molar-refractivity contribution < 1.29 is 0 Å². The van der Waals surface area contributed by atoms with E-state index in [1.165, 1.54) is 44.9 Å². The molecule has 2 aliphatic carbocycles. The highest BCUT2D eigenvalue weighted by Gasteiger charge is 2.49. The first-order chi connectivity index (χ1) is 8.67. The van der Waals surface area contributed by atoms with Crippen molar-refractivity contribution >= 4 is 0 Å². The van der Waals surface area contributed by atoms with Crippen molar-refractivity contribution in [1.29, 1.82) is 0 Å². The third-order valence-corrected chi connectivity index (χ3v) is 5.96. The lowest BCUT2D eigenvalue weighted by Crippen LogP contribution is -2.45. The summed E-state index contributed by atoms with van der Waals surface area (Å²) in [6.45, 7) is 4.90. The molecule has 2 saturated carbocycles. The van der Waals surface area contributed by atoms with Gasteiger partial charge in [0.1, 0.15) is 0 Å². The Morgan fingerprint density at radius 2 is 1.50 bits per heavy atom. The number of hydrogen-bond donors (Lipinski definition) is 0. The fourth-order valence-corrected chi connectivity index (χ4v) is 4.80. The van der Waals surface area contributed by atoms with Gasteiger partial charge >= 0.3 is 0 Å². The first kappa shape index (κ1) is 12.3. The molecule has 1 aromatic rings. The average molecular weight is 242 g/mol. The zero-order chi connectivity index (χ0) is 12.6. The van der Waals surface area contributed by atoms with E-state index in [-0.39, 0.29) is 0 Å². The summed E-state index contributed by atoms with van der Waals surface area (Å²) < 4.78 is 0. The predicted molar refractivity (Wildman–Crippen MR) is 77.7 cm³/mol. The highest BCUT2D eigenvalue weighted by molar-refractivity contribution is 5.28. The molecule has 0 unspecified atom stereocenters. The lowest BCUT2D eigenvalue weighted by molar-refractivity contribution is 0.0113. The molecule has 3 rings (SSSR count). The Kier molecular flexibility index (Phi) is 3.00. The quantitative estimate of drug-likeness (QED) is 0.658. The maximum Gasteiger partial charge on any atom is -0.00416 e. The molecule has 98 valence electrons. The highest BCUT2D eigenvalue weighted by atomic mass is 14.5. The van der Waals surface area contributed by atoms with Crippen molar-refractivity contribution in [3.8, 4) is 0 Å². The Hall–Kier alpha value is -0.780. The van der Waals surface area contributed by atoms with Gasteiger partial charge in [-0.05, 0) is 54.4 Å². The topological polar surface area (TPSA) is 0 Å². The van der Waals surface area contributed by atoms with Crippen LogP contribution in [-0.4, -0.2) is 0 Å². The van der Waals surface area contributed by atoms with Gasteiger partial charge in [0.25, 0.3) is 0 Å². The van der Waals surface area contributed by atoms with E-state index in [4.69, 9.17) is 0 Å². The van der Waals surface area contributed by atoms with Crippen LogP contribution in [0.4, 0.5) is 0 Å². The van der Waals surface area contributed by atoms with Crippen LogP contribution in [0.3, 0.4) is 0 Å². The molecule has 0 saturated heterocycles. The van der Waals surface area contributed by atoms with Crippen LogP contribution >= 0.6 is 0 Å². The molecule has 0 spiro atoms. The molecule has 1 aromatic carbocycles. The van der Waals surface area contributed by atoms with Gasteiger partial charge in [0.2, 0.25) is 0 Å². The van der Waals surface area contributed by atoms with E-state index in [9.17, 15) is 0 Å². The van der Waals surface area contributed by atoms with Gasteiger partial charge in [-0.3, -0.25) is 0 Å². The van der Waals surface area contributed by atoms with Crippen LogP contribution in [0.15, 0.2) is 30.3 Å². The summed E-state index contributed by atoms with van der Waals surface area (Å²) in [6, 6.07) is 11.4. The summed E-state index contributed by atoms with van der Waals surface area (Å²) in [4.78, 5) is 0. The summed E-state index contributed by atoms with van der Waals surface area (Å²) in [5.74, 6) is 0.848. The fourth-order valence-electron chi connectivity index (χ4n) is 4.80. The van der Waals surface area contributed by atoms with E-state index in [0.717, 1.165) is 5.92 Å². The molecule has 0 heterocycles. The van der Waals surface area contributed by atoms with Gasteiger partial charge in [-0.15, -0.1) is 0 Å². The molecule has 0 aromatic heterocycles. The third-order valence-electron chi connectivity index (χ3n) is 5.96. The molecule has 0 heteroatoms. The molecule has 0 atom stereocenters. The Balaban J connectivity index is 1.97. The van der Waals surface area contributed by atoms with Gasteiger partial charge < -0.3 is 0 Å². The van der Waals surface area contributed by atoms with Crippen molar-refractivity contribution in [2.24, 2.45) is 11.3 Å². The normalized spacial score (nSPS) is 35.7. The number of hydrogen-bond acceptors (Lipinski definition) is 0. The van der Waals surface area contributed by atoms with Gasteiger partial charge in [0, 0.05) is 0 Å². The van der Waals surface area contributed by atoms with Gasteiger partial charge in [-0.2, -0.15) is 0 Å². The molecule has 0 aliphatic heterocycles. The van der Waals surface area contributed by atoms with E-state index in [1.807, 2.05) is 0 Å².